The zero-order chi connectivity index (χ0) is 16.0. The predicted octanol–water partition coefficient (Wildman–Crippen LogP) is 3.86. The molecule has 0 radical (unpaired) electrons. The fourth-order valence-corrected chi connectivity index (χ4v) is 4.36. The number of halogens is 1. The zero-order valence-electron chi connectivity index (χ0n) is 12.3. The standard InChI is InChI=1S/C16H18ClNO2S2/c1-13-6-8-14(9-7-13)12-21-11-10-18-22(19,20)16-5-3-2-4-15(16)17/h2-9,18H,10-12H2,1H3. The molecule has 0 fully saturated rings. The Kier molecular flexibility index (Phi) is 6.32. The van der Waals surface area contributed by atoms with Crippen LogP contribution in [0.15, 0.2) is 53.4 Å². The van der Waals surface area contributed by atoms with Gasteiger partial charge in [-0.3, -0.25) is 0 Å². The summed E-state index contributed by atoms with van der Waals surface area (Å²) in [6, 6.07) is 14.8. The molecule has 0 aromatic heterocycles. The number of thioether (sulfide) groups is 1. The fraction of sp³-hybridized carbons (Fsp3) is 0.250. The van der Waals surface area contributed by atoms with Gasteiger partial charge in [-0.25, -0.2) is 13.1 Å². The van der Waals surface area contributed by atoms with E-state index in [0.717, 1.165) is 5.75 Å². The fourth-order valence-electron chi connectivity index (χ4n) is 1.86. The minimum absolute atomic E-state index is 0.125. The summed E-state index contributed by atoms with van der Waals surface area (Å²) in [7, 11) is -3.54. The second kappa shape index (κ2) is 8.02. The number of sulfonamides is 1. The number of rotatable bonds is 7. The molecule has 0 unspecified atom stereocenters. The van der Waals surface area contributed by atoms with E-state index in [0.29, 0.717) is 12.3 Å². The van der Waals surface area contributed by atoms with Crippen LogP contribution in [0.4, 0.5) is 0 Å². The van der Waals surface area contributed by atoms with Crippen LogP contribution in [0.1, 0.15) is 11.1 Å². The monoisotopic (exact) mass is 355 g/mol. The Morgan fingerprint density at radius 2 is 1.77 bits per heavy atom. The van der Waals surface area contributed by atoms with Crippen LogP contribution >= 0.6 is 23.4 Å². The number of nitrogens with one attached hydrogen (secondary N) is 1. The molecule has 22 heavy (non-hydrogen) atoms. The normalized spacial score (nSPS) is 11.5. The first-order chi connectivity index (χ1) is 10.5. The van der Waals surface area contributed by atoms with Crippen molar-refractivity contribution >= 4 is 33.4 Å². The van der Waals surface area contributed by atoms with Gasteiger partial charge in [-0.1, -0.05) is 53.6 Å². The van der Waals surface area contributed by atoms with Crippen molar-refractivity contribution in [3.05, 3.63) is 64.7 Å². The van der Waals surface area contributed by atoms with Gasteiger partial charge >= 0.3 is 0 Å². The molecule has 6 heteroatoms. The van der Waals surface area contributed by atoms with Crippen LogP contribution in [0.3, 0.4) is 0 Å². The Hall–Kier alpha value is -1.01. The molecular weight excluding hydrogens is 338 g/mol. The lowest BCUT2D eigenvalue weighted by molar-refractivity contribution is 0.584. The van der Waals surface area contributed by atoms with Gasteiger partial charge in [0.05, 0.1) is 5.02 Å². The summed E-state index contributed by atoms with van der Waals surface area (Å²) < 4.78 is 26.8. The van der Waals surface area contributed by atoms with Gasteiger partial charge < -0.3 is 0 Å². The summed E-state index contributed by atoms with van der Waals surface area (Å²) >= 11 is 7.61. The lowest BCUT2D eigenvalue weighted by atomic mass is 10.2. The van der Waals surface area contributed by atoms with Crippen molar-refractivity contribution in [3.63, 3.8) is 0 Å². The highest BCUT2D eigenvalue weighted by atomic mass is 35.5. The Labute approximate surface area is 141 Å². The topological polar surface area (TPSA) is 46.2 Å². The highest BCUT2D eigenvalue weighted by molar-refractivity contribution is 7.98. The van der Waals surface area contributed by atoms with Gasteiger partial charge in [0.1, 0.15) is 4.90 Å². The summed E-state index contributed by atoms with van der Waals surface area (Å²) in [6.45, 7) is 2.44. The third-order valence-corrected chi connectivity index (χ3v) is 6.05. The van der Waals surface area contributed by atoms with Crippen molar-refractivity contribution in [3.8, 4) is 0 Å². The van der Waals surface area contributed by atoms with Crippen molar-refractivity contribution in [1.82, 2.24) is 4.72 Å². The first-order valence-corrected chi connectivity index (χ1v) is 9.88. The molecule has 0 amide bonds. The maximum atomic E-state index is 12.1. The SMILES string of the molecule is Cc1ccc(CSCCNS(=O)(=O)c2ccccc2Cl)cc1. The van der Waals surface area contributed by atoms with E-state index in [1.54, 1.807) is 30.0 Å². The average molecular weight is 356 g/mol. The number of benzene rings is 2. The minimum Gasteiger partial charge on any atom is -0.210 e. The third-order valence-electron chi connectivity index (χ3n) is 3.05. The lowest BCUT2D eigenvalue weighted by Crippen LogP contribution is -2.26. The maximum Gasteiger partial charge on any atom is 0.242 e. The summed E-state index contributed by atoms with van der Waals surface area (Å²) in [5.41, 5.74) is 2.48. The Bertz CT molecular complexity index is 715. The predicted molar refractivity (Wildman–Crippen MR) is 94.0 cm³/mol. The molecule has 0 aliphatic rings. The highest BCUT2D eigenvalue weighted by Crippen LogP contribution is 2.20. The molecule has 2 aromatic rings. The Morgan fingerprint density at radius 3 is 2.45 bits per heavy atom. The van der Waals surface area contributed by atoms with Gasteiger partial charge in [0.15, 0.2) is 0 Å². The van der Waals surface area contributed by atoms with E-state index in [1.807, 2.05) is 0 Å². The largest absolute Gasteiger partial charge is 0.242 e. The lowest BCUT2D eigenvalue weighted by Gasteiger charge is -2.08. The molecule has 2 rings (SSSR count). The molecule has 1 N–H and O–H groups in total. The summed E-state index contributed by atoms with van der Waals surface area (Å²) in [4.78, 5) is 0.125. The van der Waals surface area contributed by atoms with E-state index in [9.17, 15) is 8.42 Å². The average Bonchev–Trinajstić information content (AvgIpc) is 2.49. The smallest absolute Gasteiger partial charge is 0.210 e. The van der Waals surface area contributed by atoms with Gasteiger partial charge in [-0.05, 0) is 24.6 Å². The van der Waals surface area contributed by atoms with E-state index in [4.69, 9.17) is 11.6 Å². The molecule has 3 nitrogen and oxygen atoms in total. The van der Waals surface area contributed by atoms with E-state index in [2.05, 4.69) is 35.9 Å². The molecule has 0 aliphatic heterocycles. The van der Waals surface area contributed by atoms with E-state index >= 15 is 0 Å². The molecule has 0 bridgehead atoms. The molecule has 0 aliphatic carbocycles. The van der Waals surface area contributed by atoms with Gasteiger partial charge in [0, 0.05) is 18.1 Å². The molecular formula is C16H18ClNO2S2. The minimum atomic E-state index is -3.54. The van der Waals surface area contributed by atoms with Crippen molar-refractivity contribution in [2.24, 2.45) is 0 Å². The van der Waals surface area contributed by atoms with Gasteiger partial charge in [0.2, 0.25) is 10.0 Å². The van der Waals surface area contributed by atoms with Crippen LogP contribution in [-0.2, 0) is 15.8 Å². The zero-order valence-corrected chi connectivity index (χ0v) is 14.6. The molecule has 2 aromatic carbocycles. The van der Waals surface area contributed by atoms with Crippen molar-refractivity contribution in [2.45, 2.75) is 17.6 Å². The number of aryl methyl sites for hydroxylation is 1. The van der Waals surface area contributed by atoms with Crippen molar-refractivity contribution in [1.29, 1.82) is 0 Å². The second-order valence-electron chi connectivity index (χ2n) is 4.87. The van der Waals surface area contributed by atoms with Crippen molar-refractivity contribution in [2.75, 3.05) is 12.3 Å². The third kappa shape index (κ3) is 5.02. The number of hydrogen-bond donors (Lipinski definition) is 1. The van der Waals surface area contributed by atoms with E-state index in [-0.39, 0.29) is 9.92 Å². The van der Waals surface area contributed by atoms with Crippen LogP contribution < -0.4 is 4.72 Å². The molecule has 0 saturated heterocycles. The summed E-state index contributed by atoms with van der Waals surface area (Å²) in [5.74, 6) is 1.58. The first kappa shape index (κ1) is 17.3. The van der Waals surface area contributed by atoms with Crippen LogP contribution in [0.5, 0.6) is 0 Å². The first-order valence-electron chi connectivity index (χ1n) is 6.86. The summed E-state index contributed by atoms with van der Waals surface area (Å²) in [5, 5.41) is 0.238. The van der Waals surface area contributed by atoms with Crippen LogP contribution in [0.2, 0.25) is 5.02 Å². The Balaban J connectivity index is 1.79. The summed E-state index contributed by atoms with van der Waals surface area (Å²) in [6.07, 6.45) is 0. The molecule has 0 saturated carbocycles. The van der Waals surface area contributed by atoms with Gasteiger partial charge in [-0.15, -0.1) is 0 Å². The Morgan fingerprint density at radius 1 is 1.09 bits per heavy atom. The van der Waals surface area contributed by atoms with Crippen LogP contribution in [0.25, 0.3) is 0 Å². The maximum absolute atomic E-state index is 12.1. The molecule has 0 spiro atoms. The van der Waals surface area contributed by atoms with Crippen molar-refractivity contribution < 1.29 is 8.42 Å². The quantitative estimate of drug-likeness (QED) is 0.767. The highest BCUT2D eigenvalue weighted by Gasteiger charge is 2.16. The molecule has 0 heterocycles. The van der Waals surface area contributed by atoms with Gasteiger partial charge in [0.25, 0.3) is 0 Å². The number of hydrogen-bond acceptors (Lipinski definition) is 3. The van der Waals surface area contributed by atoms with Crippen LogP contribution in [0, 0.1) is 6.92 Å². The molecule has 0 atom stereocenters. The molecule has 118 valence electrons. The van der Waals surface area contributed by atoms with Crippen LogP contribution in [-0.4, -0.2) is 20.7 Å². The van der Waals surface area contributed by atoms with E-state index in [1.165, 1.54) is 17.2 Å². The second-order valence-corrected chi connectivity index (χ2v) is 8.11. The van der Waals surface area contributed by atoms with Gasteiger partial charge in [-0.2, -0.15) is 11.8 Å². The van der Waals surface area contributed by atoms with E-state index < -0.39 is 10.0 Å².